The van der Waals surface area contributed by atoms with Crippen molar-refractivity contribution in [2.24, 2.45) is 0 Å². The Hall–Kier alpha value is -0.820. The van der Waals surface area contributed by atoms with Crippen molar-refractivity contribution in [3.05, 3.63) is 0 Å². The highest BCUT2D eigenvalue weighted by Gasteiger charge is 2.44. The fourth-order valence-corrected chi connectivity index (χ4v) is 1.32. The van der Waals surface area contributed by atoms with E-state index >= 15 is 0 Å². The Kier molecular flexibility index (Phi) is 5.74. The molecular formula is C9H16F3NO3. The summed E-state index contributed by atoms with van der Waals surface area (Å²) in [6.45, 7) is 1.66. The number of carboxylic acid groups (broad SMARTS) is 1. The summed E-state index contributed by atoms with van der Waals surface area (Å²) in [6, 6.07) is -2.49. The lowest BCUT2D eigenvalue weighted by molar-refractivity contribution is -0.193. The van der Waals surface area contributed by atoms with Gasteiger partial charge >= 0.3 is 12.1 Å². The molecule has 0 heterocycles. The van der Waals surface area contributed by atoms with Crippen molar-refractivity contribution >= 4 is 5.97 Å². The summed E-state index contributed by atoms with van der Waals surface area (Å²) in [6.07, 6.45) is -5.52. The molecule has 96 valence electrons. The van der Waals surface area contributed by atoms with Gasteiger partial charge in [0.05, 0.1) is 13.0 Å². The molecule has 0 spiro atoms. The van der Waals surface area contributed by atoms with Gasteiger partial charge in [0.1, 0.15) is 6.04 Å². The van der Waals surface area contributed by atoms with Gasteiger partial charge < -0.3 is 9.84 Å². The molecule has 0 saturated carbocycles. The third-order valence-electron chi connectivity index (χ3n) is 2.34. The minimum absolute atomic E-state index is 0.114. The molecule has 0 rings (SSSR count). The molecule has 16 heavy (non-hydrogen) atoms. The van der Waals surface area contributed by atoms with E-state index in [1.54, 1.807) is 6.92 Å². The minimum atomic E-state index is -4.56. The Balaban J connectivity index is 4.68. The molecule has 0 saturated heterocycles. The maximum absolute atomic E-state index is 12.6. The quantitative estimate of drug-likeness (QED) is 0.765. The number of nitrogens with zero attached hydrogens (tertiary/aromatic N) is 1. The first-order valence-electron chi connectivity index (χ1n) is 4.69. The van der Waals surface area contributed by atoms with Gasteiger partial charge in [-0.25, -0.2) is 0 Å². The van der Waals surface area contributed by atoms with Crippen molar-refractivity contribution in [3.63, 3.8) is 0 Å². The normalized spacial score (nSPS) is 16.2. The monoisotopic (exact) mass is 243 g/mol. The van der Waals surface area contributed by atoms with E-state index in [2.05, 4.69) is 0 Å². The third kappa shape index (κ3) is 4.80. The van der Waals surface area contributed by atoms with E-state index in [1.165, 1.54) is 14.2 Å². The van der Waals surface area contributed by atoms with Gasteiger partial charge in [-0.2, -0.15) is 13.2 Å². The van der Waals surface area contributed by atoms with Crippen LogP contribution in [0.25, 0.3) is 0 Å². The number of aliphatic carboxylic acids is 1. The average molecular weight is 243 g/mol. The predicted octanol–water partition coefficient (Wildman–Crippen LogP) is 1.36. The van der Waals surface area contributed by atoms with Crippen LogP contribution in [-0.2, 0) is 9.53 Å². The number of alkyl halides is 3. The molecule has 7 heteroatoms. The zero-order valence-electron chi connectivity index (χ0n) is 9.41. The fraction of sp³-hybridized carbons (Fsp3) is 0.889. The molecule has 0 aromatic heterocycles. The van der Waals surface area contributed by atoms with Gasteiger partial charge in [-0.15, -0.1) is 0 Å². The fourth-order valence-electron chi connectivity index (χ4n) is 1.32. The molecule has 0 aromatic rings. The summed E-state index contributed by atoms with van der Waals surface area (Å²) >= 11 is 0. The van der Waals surface area contributed by atoms with Crippen LogP contribution in [0.5, 0.6) is 0 Å². The highest BCUT2D eigenvalue weighted by atomic mass is 19.4. The first kappa shape index (κ1) is 15.2. The number of ether oxygens (including phenoxy) is 1. The molecule has 0 aliphatic rings. The van der Waals surface area contributed by atoms with Crippen molar-refractivity contribution in [2.75, 3.05) is 20.8 Å². The smallest absolute Gasteiger partial charge is 0.404 e. The average Bonchev–Trinajstić information content (AvgIpc) is 2.11. The maximum atomic E-state index is 12.6. The summed E-state index contributed by atoms with van der Waals surface area (Å²) < 4.78 is 42.5. The third-order valence-corrected chi connectivity index (χ3v) is 2.34. The molecule has 1 N–H and O–H groups in total. The van der Waals surface area contributed by atoms with E-state index in [0.29, 0.717) is 0 Å². The van der Waals surface area contributed by atoms with Crippen LogP contribution in [0.3, 0.4) is 0 Å². The van der Waals surface area contributed by atoms with Gasteiger partial charge in [-0.3, -0.25) is 9.69 Å². The second kappa shape index (κ2) is 6.05. The van der Waals surface area contributed by atoms with Crippen molar-refractivity contribution in [3.8, 4) is 0 Å². The van der Waals surface area contributed by atoms with Crippen molar-refractivity contribution in [1.82, 2.24) is 4.90 Å². The highest BCUT2D eigenvalue weighted by Crippen LogP contribution is 2.27. The van der Waals surface area contributed by atoms with Gasteiger partial charge in [0, 0.05) is 13.2 Å². The zero-order chi connectivity index (χ0) is 12.9. The van der Waals surface area contributed by atoms with Crippen LogP contribution < -0.4 is 0 Å². The van der Waals surface area contributed by atoms with Crippen LogP contribution in [0.15, 0.2) is 0 Å². The van der Waals surface area contributed by atoms with E-state index in [0.717, 1.165) is 4.90 Å². The van der Waals surface area contributed by atoms with E-state index in [4.69, 9.17) is 9.84 Å². The molecule has 4 nitrogen and oxygen atoms in total. The zero-order valence-corrected chi connectivity index (χ0v) is 9.41. The number of rotatable bonds is 6. The van der Waals surface area contributed by atoms with E-state index in [1.807, 2.05) is 0 Å². The summed E-state index contributed by atoms with van der Waals surface area (Å²) in [5.74, 6) is -1.47. The molecule has 2 unspecified atom stereocenters. The van der Waals surface area contributed by atoms with Gasteiger partial charge in [-0.1, -0.05) is 0 Å². The number of hydrogen-bond donors (Lipinski definition) is 1. The van der Waals surface area contributed by atoms with Crippen molar-refractivity contribution in [1.29, 1.82) is 0 Å². The van der Waals surface area contributed by atoms with Crippen LogP contribution in [0.4, 0.5) is 13.2 Å². The molecule has 0 radical (unpaired) electrons. The first-order chi connectivity index (χ1) is 7.20. The lowest BCUT2D eigenvalue weighted by atomic mass is 10.1. The summed E-state index contributed by atoms with van der Waals surface area (Å²) in [7, 11) is 2.62. The molecular weight excluding hydrogens is 227 g/mol. The lowest BCUT2D eigenvalue weighted by Crippen LogP contribution is -2.49. The van der Waals surface area contributed by atoms with E-state index in [9.17, 15) is 18.0 Å². The molecule has 0 aromatic carbocycles. The largest absolute Gasteiger partial charge is 0.481 e. The van der Waals surface area contributed by atoms with Gasteiger partial charge in [-0.05, 0) is 14.0 Å². The van der Waals surface area contributed by atoms with Crippen LogP contribution in [-0.4, -0.2) is 55.0 Å². The second-order valence-electron chi connectivity index (χ2n) is 3.63. The number of likely N-dealkylation sites (N-methyl/N-ethyl adjacent to an activating group) is 1. The van der Waals surface area contributed by atoms with Crippen molar-refractivity contribution < 1.29 is 27.8 Å². The van der Waals surface area contributed by atoms with Gasteiger partial charge in [0.25, 0.3) is 0 Å². The van der Waals surface area contributed by atoms with E-state index < -0.39 is 30.7 Å². The molecule has 0 amide bonds. The summed E-state index contributed by atoms with van der Waals surface area (Å²) in [5.41, 5.74) is 0. The van der Waals surface area contributed by atoms with Crippen LogP contribution in [0.2, 0.25) is 0 Å². The van der Waals surface area contributed by atoms with E-state index in [-0.39, 0.29) is 6.61 Å². The Labute approximate surface area is 92.0 Å². The Morgan fingerprint density at radius 1 is 1.50 bits per heavy atom. The van der Waals surface area contributed by atoms with Gasteiger partial charge in [0.15, 0.2) is 0 Å². The summed E-state index contributed by atoms with van der Waals surface area (Å²) in [4.78, 5) is 11.4. The topological polar surface area (TPSA) is 49.8 Å². The highest BCUT2D eigenvalue weighted by molar-refractivity contribution is 5.67. The number of methoxy groups -OCH3 is 1. The van der Waals surface area contributed by atoms with Crippen LogP contribution in [0.1, 0.15) is 13.3 Å². The molecule has 0 fully saturated rings. The second-order valence-corrected chi connectivity index (χ2v) is 3.63. The first-order valence-corrected chi connectivity index (χ1v) is 4.69. The minimum Gasteiger partial charge on any atom is -0.481 e. The Bertz CT molecular complexity index is 233. The molecule has 0 aliphatic heterocycles. The maximum Gasteiger partial charge on any atom is 0.404 e. The predicted molar refractivity (Wildman–Crippen MR) is 51.2 cm³/mol. The number of hydrogen-bond acceptors (Lipinski definition) is 3. The number of carboxylic acids is 1. The Morgan fingerprint density at radius 2 is 2.00 bits per heavy atom. The SMILES string of the molecule is COCC(C)N(C)C(CC(=O)O)C(F)(F)F. The summed E-state index contributed by atoms with van der Waals surface area (Å²) in [5, 5.41) is 8.45. The van der Waals surface area contributed by atoms with Crippen molar-refractivity contribution in [2.45, 2.75) is 31.6 Å². The lowest BCUT2D eigenvalue weighted by Gasteiger charge is -2.33. The standard InChI is InChI=1S/C9H16F3NO3/c1-6(5-16-3)13(2)7(4-8(14)15)9(10,11)12/h6-7H,4-5H2,1-3H3,(H,14,15). The van der Waals surface area contributed by atoms with Crippen LogP contribution >= 0.6 is 0 Å². The molecule has 0 bridgehead atoms. The number of carbonyl (C=O) groups is 1. The van der Waals surface area contributed by atoms with Crippen LogP contribution in [0, 0.1) is 0 Å². The van der Waals surface area contributed by atoms with Gasteiger partial charge in [0.2, 0.25) is 0 Å². The number of halogens is 3. The molecule has 2 atom stereocenters. The molecule has 0 aliphatic carbocycles. The Morgan fingerprint density at radius 3 is 2.31 bits per heavy atom.